The van der Waals surface area contributed by atoms with Gasteiger partial charge in [0.15, 0.2) is 17.7 Å². The van der Waals surface area contributed by atoms with Gasteiger partial charge in [-0.3, -0.25) is 10.1 Å². The van der Waals surface area contributed by atoms with Crippen molar-refractivity contribution in [3.8, 4) is 0 Å². The van der Waals surface area contributed by atoms with Crippen LogP contribution >= 0.6 is 11.6 Å². The summed E-state index contributed by atoms with van der Waals surface area (Å²) in [6.45, 7) is 3.16. The first kappa shape index (κ1) is 17.8. The van der Waals surface area contributed by atoms with Crippen molar-refractivity contribution in [3.63, 3.8) is 0 Å². The second-order valence-corrected chi connectivity index (χ2v) is 4.55. The summed E-state index contributed by atoms with van der Waals surface area (Å²) in [5, 5.41) is 3.89. The summed E-state index contributed by atoms with van der Waals surface area (Å²) in [5.74, 6) is -4.50. The average molecular weight is 335 g/mol. The van der Waals surface area contributed by atoms with Gasteiger partial charge in [0.25, 0.3) is 5.91 Å². The molecule has 0 fully saturated rings. The number of amides is 3. The van der Waals surface area contributed by atoms with Crippen molar-refractivity contribution < 1.29 is 27.9 Å². The molecule has 0 aliphatic carbocycles. The molecule has 0 aromatic heterocycles. The number of halogens is 3. The first-order chi connectivity index (χ1) is 10.3. The number of benzene rings is 1. The summed E-state index contributed by atoms with van der Waals surface area (Å²) in [4.78, 5) is 34.5. The van der Waals surface area contributed by atoms with Crippen molar-refractivity contribution in [1.82, 2.24) is 10.6 Å². The molecule has 6 nitrogen and oxygen atoms in total. The van der Waals surface area contributed by atoms with Crippen LogP contribution in [-0.2, 0) is 9.53 Å². The fourth-order valence-electron chi connectivity index (χ4n) is 1.37. The Balaban J connectivity index is 2.74. The molecule has 1 aromatic rings. The van der Waals surface area contributed by atoms with Crippen molar-refractivity contribution in [2.75, 3.05) is 6.54 Å². The first-order valence-corrected chi connectivity index (χ1v) is 6.58. The Bertz CT molecular complexity index is 610. The van der Waals surface area contributed by atoms with E-state index < -0.39 is 41.2 Å². The third-order valence-electron chi connectivity index (χ3n) is 2.46. The van der Waals surface area contributed by atoms with Crippen LogP contribution in [0.3, 0.4) is 0 Å². The number of carbonyl (C=O) groups is 3. The number of ether oxygens (including phenoxy) is 1. The van der Waals surface area contributed by atoms with E-state index in [1.54, 1.807) is 6.92 Å². The molecule has 0 spiro atoms. The van der Waals surface area contributed by atoms with Gasteiger partial charge in [0.1, 0.15) is 0 Å². The van der Waals surface area contributed by atoms with Crippen molar-refractivity contribution in [2.45, 2.75) is 20.0 Å². The fraction of sp³-hybridized carbons (Fsp3) is 0.308. The Hall–Kier alpha value is -2.22. The molecule has 1 unspecified atom stereocenters. The van der Waals surface area contributed by atoms with Crippen LogP contribution in [0.5, 0.6) is 0 Å². The molecule has 0 aliphatic heterocycles. The van der Waals surface area contributed by atoms with Gasteiger partial charge in [-0.05, 0) is 26.0 Å². The number of nitrogens with one attached hydrogen (secondary N) is 2. The molecule has 120 valence electrons. The van der Waals surface area contributed by atoms with E-state index in [0.29, 0.717) is 18.7 Å². The highest BCUT2D eigenvalue weighted by Gasteiger charge is 2.23. The lowest BCUT2D eigenvalue weighted by Gasteiger charge is -2.13. The van der Waals surface area contributed by atoms with E-state index in [1.165, 1.54) is 6.92 Å². The van der Waals surface area contributed by atoms with E-state index in [9.17, 15) is 23.2 Å². The number of imide groups is 1. The van der Waals surface area contributed by atoms with Gasteiger partial charge in [0, 0.05) is 6.54 Å². The molecule has 1 rings (SSSR count). The number of urea groups is 1. The summed E-state index contributed by atoms with van der Waals surface area (Å²) in [6, 6.07) is 0.433. The predicted octanol–water partition coefficient (Wildman–Crippen LogP) is 2.01. The SMILES string of the molecule is CCNC(=O)NC(=O)C(C)OC(=O)c1cc(F)c(F)cc1Cl. The van der Waals surface area contributed by atoms with Crippen LogP contribution in [0, 0.1) is 11.6 Å². The molecule has 0 heterocycles. The second kappa shape index (κ2) is 7.69. The highest BCUT2D eigenvalue weighted by Crippen LogP contribution is 2.21. The highest BCUT2D eigenvalue weighted by atomic mass is 35.5. The fourth-order valence-corrected chi connectivity index (χ4v) is 1.60. The zero-order chi connectivity index (χ0) is 16.9. The normalized spacial score (nSPS) is 11.5. The largest absolute Gasteiger partial charge is 0.449 e. The number of rotatable bonds is 4. The van der Waals surface area contributed by atoms with Crippen molar-refractivity contribution in [3.05, 3.63) is 34.4 Å². The van der Waals surface area contributed by atoms with Crippen LogP contribution in [0.4, 0.5) is 13.6 Å². The van der Waals surface area contributed by atoms with E-state index in [-0.39, 0.29) is 5.02 Å². The lowest BCUT2D eigenvalue weighted by Crippen LogP contribution is -2.44. The Morgan fingerprint density at radius 1 is 1.27 bits per heavy atom. The Morgan fingerprint density at radius 3 is 2.45 bits per heavy atom. The number of hydrogen-bond acceptors (Lipinski definition) is 4. The lowest BCUT2D eigenvalue weighted by molar-refractivity contribution is -0.127. The summed E-state index contributed by atoms with van der Waals surface area (Å²) in [7, 11) is 0. The van der Waals surface area contributed by atoms with Crippen LogP contribution in [0.15, 0.2) is 12.1 Å². The van der Waals surface area contributed by atoms with Crippen molar-refractivity contribution in [1.29, 1.82) is 0 Å². The maximum atomic E-state index is 13.1. The molecule has 0 radical (unpaired) electrons. The van der Waals surface area contributed by atoms with E-state index >= 15 is 0 Å². The third-order valence-corrected chi connectivity index (χ3v) is 2.77. The molecule has 0 aliphatic rings. The number of esters is 1. The molecule has 0 saturated carbocycles. The van der Waals surface area contributed by atoms with Gasteiger partial charge in [-0.1, -0.05) is 11.6 Å². The van der Waals surface area contributed by atoms with Crippen LogP contribution in [-0.4, -0.2) is 30.6 Å². The molecule has 22 heavy (non-hydrogen) atoms. The summed E-state index contributed by atoms with van der Waals surface area (Å²) >= 11 is 5.61. The second-order valence-electron chi connectivity index (χ2n) is 4.14. The molecule has 9 heteroatoms. The zero-order valence-electron chi connectivity index (χ0n) is 11.7. The summed E-state index contributed by atoms with van der Waals surface area (Å²) < 4.78 is 30.8. The topological polar surface area (TPSA) is 84.5 Å². The lowest BCUT2D eigenvalue weighted by atomic mass is 10.2. The smallest absolute Gasteiger partial charge is 0.340 e. The Labute approximate surface area is 129 Å². The quantitative estimate of drug-likeness (QED) is 0.651. The molecule has 0 bridgehead atoms. The number of carbonyl (C=O) groups excluding carboxylic acids is 3. The van der Waals surface area contributed by atoms with Gasteiger partial charge < -0.3 is 10.1 Å². The minimum Gasteiger partial charge on any atom is -0.449 e. The molecule has 2 N–H and O–H groups in total. The monoisotopic (exact) mass is 334 g/mol. The van der Waals surface area contributed by atoms with Crippen molar-refractivity contribution >= 4 is 29.5 Å². The van der Waals surface area contributed by atoms with Crippen molar-refractivity contribution in [2.24, 2.45) is 0 Å². The minimum atomic E-state index is -1.33. The van der Waals surface area contributed by atoms with Gasteiger partial charge in [-0.25, -0.2) is 18.4 Å². The Morgan fingerprint density at radius 2 is 1.86 bits per heavy atom. The first-order valence-electron chi connectivity index (χ1n) is 6.20. The summed E-state index contributed by atoms with van der Waals surface area (Å²) in [6.07, 6.45) is -1.33. The number of hydrogen-bond donors (Lipinski definition) is 2. The third kappa shape index (κ3) is 4.66. The van der Waals surface area contributed by atoms with E-state index in [4.69, 9.17) is 16.3 Å². The predicted molar refractivity (Wildman–Crippen MR) is 73.5 cm³/mol. The zero-order valence-corrected chi connectivity index (χ0v) is 12.5. The van der Waals surface area contributed by atoms with E-state index in [2.05, 4.69) is 5.32 Å². The Kier molecular flexibility index (Phi) is 6.24. The highest BCUT2D eigenvalue weighted by molar-refractivity contribution is 6.33. The van der Waals surface area contributed by atoms with Gasteiger partial charge in [0.2, 0.25) is 0 Å². The minimum absolute atomic E-state index is 0.303. The van der Waals surface area contributed by atoms with Gasteiger partial charge >= 0.3 is 12.0 Å². The van der Waals surface area contributed by atoms with Gasteiger partial charge in [-0.15, -0.1) is 0 Å². The molecular weight excluding hydrogens is 322 g/mol. The van der Waals surface area contributed by atoms with E-state index in [0.717, 1.165) is 0 Å². The maximum Gasteiger partial charge on any atom is 0.340 e. The standard InChI is InChI=1S/C13H13ClF2N2O4/c1-3-17-13(21)18-11(19)6(2)22-12(20)7-4-9(15)10(16)5-8(7)14/h4-6H,3H2,1-2H3,(H2,17,18,19,21). The van der Waals surface area contributed by atoms with Crippen LogP contribution in [0.2, 0.25) is 5.02 Å². The molecule has 3 amide bonds. The molecule has 1 aromatic carbocycles. The molecule has 0 saturated heterocycles. The van der Waals surface area contributed by atoms with Crippen LogP contribution in [0.1, 0.15) is 24.2 Å². The van der Waals surface area contributed by atoms with Gasteiger partial charge in [-0.2, -0.15) is 0 Å². The van der Waals surface area contributed by atoms with Gasteiger partial charge in [0.05, 0.1) is 10.6 Å². The van der Waals surface area contributed by atoms with Crippen LogP contribution < -0.4 is 10.6 Å². The van der Waals surface area contributed by atoms with E-state index in [1.807, 2.05) is 5.32 Å². The van der Waals surface area contributed by atoms with Crippen LogP contribution in [0.25, 0.3) is 0 Å². The molecule has 1 atom stereocenters. The maximum absolute atomic E-state index is 13.1. The summed E-state index contributed by atoms with van der Waals surface area (Å²) in [5.41, 5.74) is -0.432. The molecular formula is C13H13ClF2N2O4. The average Bonchev–Trinajstić information content (AvgIpc) is 2.42.